The van der Waals surface area contributed by atoms with Crippen molar-refractivity contribution in [2.45, 2.75) is 11.5 Å². The lowest BCUT2D eigenvalue weighted by Crippen LogP contribution is -2.39. The van der Waals surface area contributed by atoms with Gasteiger partial charge in [-0.25, -0.2) is 19.3 Å². The van der Waals surface area contributed by atoms with Crippen LogP contribution in [0.1, 0.15) is 5.56 Å². The van der Waals surface area contributed by atoms with Gasteiger partial charge in [0.2, 0.25) is 0 Å². The zero-order chi connectivity index (χ0) is 15.4. The number of nitrogens with two attached hydrogens (primary N) is 1. The van der Waals surface area contributed by atoms with Gasteiger partial charge >= 0.3 is 0 Å². The maximum absolute atomic E-state index is 12.1. The first-order chi connectivity index (χ1) is 9.79. The molecule has 3 unspecified atom stereocenters. The molecule has 0 radical (unpaired) electrons. The van der Waals surface area contributed by atoms with Crippen molar-refractivity contribution in [3.8, 4) is 0 Å². The first-order valence-electron chi connectivity index (χ1n) is 6.12. The Morgan fingerprint density at radius 2 is 2.00 bits per heavy atom. The largest absolute Gasteiger partial charge is 0.314 e. The molecule has 1 saturated heterocycles. The predicted molar refractivity (Wildman–Crippen MR) is 87.3 cm³/mol. The Morgan fingerprint density at radius 3 is 2.62 bits per heavy atom. The minimum atomic E-state index is -3.36. The van der Waals surface area contributed by atoms with E-state index in [0.29, 0.717) is 25.4 Å². The summed E-state index contributed by atoms with van der Waals surface area (Å²) in [6.07, 6.45) is 0.808. The molecule has 0 spiro atoms. The van der Waals surface area contributed by atoms with Gasteiger partial charge in [0.1, 0.15) is 4.24 Å². The van der Waals surface area contributed by atoms with Gasteiger partial charge in [-0.2, -0.15) is 0 Å². The van der Waals surface area contributed by atoms with Crippen LogP contribution in [-0.4, -0.2) is 26.2 Å². The predicted octanol–water partition coefficient (Wildman–Crippen LogP) is 1.79. The minimum absolute atomic E-state index is 0.133. The van der Waals surface area contributed by atoms with Crippen molar-refractivity contribution in [1.82, 2.24) is 10.9 Å². The molecule has 114 valence electrons. The molecular formula is C12H13Cl2N3O2S2. The summed E-state index contributed by atoms with van der Waals surface area (Å²) in [7, 11) is -3.36. The lowest BCUT2D eigenvalue weighted by Gasteiger charge is -2.18. The number of hydrogen-bond donors (Lipinski definition) is 3. The number of thioether (sulfide) groups is 1. The molecule has 2 aliphatic rings. The number of halogens is 2. The fourth-order valence-corrected chi connectivity index (χ4v) is 5.93. The molecule has 0 bridgehead atoms. The molecule has 2 heterocycles. The molecule has 0 amide bonds. The number of benzene rings is 1. The molecule has 1 aromatic rings. The molecular weight excluding hydrogens is 353 g/mol. The highest BCUT2D eigenvalue weighted by molar-refractivity contribution is 8.19. The normalized spacial score (nSPS) is 29.0. The van der Waals surface area contributed by atoms with E-state index in [-0.39, 0.29) is 17.5 Å². The molecule has 0 saturated carbocycles. The third-order valence-corrected chi connectivity index (χ3v) is 7.19. The lowest BCUT2D eigenvalue weighted by molar-refractivity contribution is 0.539. The number of nitrogens with one attached hydrogen (secondary N) is 2. The number of sulfone groups is 1. The highest BCUT2D eigenvalue weighted by Gasteiger charge is 2.47. The zero-order valence-corrected chi connectivity index (χ0v) is 14.1. The Kier molecular flexibility index (Phi) is 4.03. The summed E-state index contributed by atoms with van der Waals surface area (Å²) in [5.41, 5.74) is 13.3. The second-order valence-corrected chi connectivity index (χ2v) is 9.18. The molecule has 9 heteroatoms. The smallest absolute Gasteiger partial charge is 0.181 e. The van der Waals surface area contributed by atoms with Crippen molar-refractivity contribution in [1.29, 1.82) is 0 Å². The first kappa shape index (κ1) is 15.6. The van der Waals surface area contributed by atoms with Crippen LogP contribution in [0.5, 0.6) is 0 Å². The monoisotopic (exact) mass is 365 g/mol. The molecule has 0 aromatic heterocycles. The summed E-state index contributed by atoms with van der Waals surface area (Å²) in [6.45, 7) is 0. The van der Waals surface area contributed by atoms with E-state index in [4.69, 9.17) is 28.9 Å². The molecule has 0 aliphatic carbocycles. The average Bonchev–Trinajstić information content (AvgIpc) is 2.90. The Bertz CT molecular complexity index is 736. The number of hydrazine groups is 1. The van der Waals surface area contributed by atoms with Gasteiger partial charge in [0.25, 0.3) is 0 Å². The summed E-state index contributed by atoms with van der Waals surface area (Å²) in [4.78, 5) is 0. The second-order valence-electron chi connectivity index (χ2n) is 4.98. The van der Waals surface area contributed by atoms with Crippen LogP contribution in [0.3, 0.4) is 0 Å². The molecule has 4 N–H and O–H groups in total. The second kappa shape index (κ2) is 5.42. The summed E-state index contributed by atoms with van der Waals surface area (Å²) >= 11 is 13.4. The standard InChI is InChI=1S/C12H13Cl2N3O2S2/c1-21(18,19)12-8(6-3-2-5(13)4-7(6)14)9-10(15)16-17-11(9)20-12/h2-4,9-11,16-17H,15H2,1H3. The molecule has 3 atom stereocenters. The zero-order valence-electron chi connectivity index (χ0n) is 10.9. The Labute approximate surface area is 137 Å². The van der Waals surface area contributed by atoms with Gasteiger partial charge in [-0.05, 0) is 23.3 Å². The van der Waals surface area contributed by atoms with Crippen LogP contribution in [0.25, 0.3) is 5.57 Å². The van der Waals surface area contributed by atoms with Crippen LogP contribution in [0.2, 0.25) is 10.0 Å². The maximum Gasteiger partial charge on any atom is 0.181 e. The van der Waals surface area contributed by atoms with Gasteiger partial charge in [-0.1, -0.05) is 41.0 Å². The third-order valence-electron chi connectivity index (χ3n) is 3.45. The lowest BCUT2D eigenvalue weighted by atomic mass is 9.92. The molecule has 5 nitrogen and oxygen atoms in total. The van der Waals surface area contributed by atoms with Crippen LogP contribution in [-0.2, 0) is 9.84 Å². The summed E-state index contributed by atoms with van der Waals surface area (Å²) in [6, 6.07) is 5.03. The van der Waals surface area contributed by atoms with Crippen molar-refractivity contribution in [3.63, 3.8) is 0 Å². The highest BCUT2D eigenvalue weighted by atomic mass is 35.5. The highest BCUT2D eigenvalue weighted by Crippen LogP contribution is 2.51. The van der Waals surface area contributed by atoms with E-state index in [2.05, 4.69) is 10.9 Å². The average molecular weight is 366 g/mol. The molecule has 21 heavy (non-hydrogen) atoms. The van der Waals surface area contributed by atoms with Crippen molar-refractivity contribution < 1.29 is 8.42 Å². The van der Waals surface area contributed by atoms with Crippen molar-refractivity contribution >= 4 is 50.4 Å². The van der Waals surface area contributed by atoms with Gasteiger partial charge in [0.05, 0.1) is 11.5 Å². The SMILES string of the molecule is CS(=O)(=O)C1=C(c2ccc(Cl)cc2Cl)C2C(N)NNC2S1. The van der Waals surface area contributed by atoms with E-state index in [1.807, 2.05) is 0 Å². The summed E-state index contributed by atoms with van der Waals surface area (Å²) in [5, 5.41) is 0.782. The van der Waals surface area contributed by atoms with Crippen molar-refractivity contribution in [3.05, 3.63) is 38.0 Å². The minimum Gasteiger partial charge on any atom is -0.314 e. The van der Waals surface area contributed by atoms with E-state index in [1.54, 1.807) is 18.2 Å². The van der Waals surface area contributed by atoms with Crippen LogP contribution in [0.4, 0.5) is 0 Å². The van der Waals surface area contributed by atoms with Crippen LogP contribution >= 0.6 is 35.0 Å². The van der Waals surface area contributed by atoms with Crippen LogP contribution in [0.15, 0.2) is 22.4 Å². The number of rotatable bonds is 2. The quantitative estimate of drug-likeness (QED) is 0.740. The van der Waals surface area contributed by atoms with Gasteiger partial charge in [0.15, 0.2) is 9.84 Å². The van der Waals surface area contributed by atoms with E-state index >= 15 is 0 Å². The van der Waals surface area contributed by atoms with Crippen molar-refractivity contribution in [2.24, 2.45) is 11.7 Å². The van der Waals surface area contributed by atoms with Gasteiger partial charge < -0.3 is 5.73 Å². The number of hydrogen-bond acceptors (Lipinski definition) is 6. The molecule has 1 fully saturated rings. The Hall–Kier alpha value is -0.280. The summed E-state index contributed by atoms with van der Waals surface area (Å²) < 4.78 is 24.5. The topological polar surface area (TPSA) is 84.2 Å². The van der Waals surface area contributed by atoms with E-state index in [0.717, 1.165) is 0 Å². The molecule has 1 aromatic carbocycles. The van der Waals surface area contributed by atoms with Crippen molar-refractivity contribution in [2.75, 3.05) is 6.26 Å². The van der Waals surface area contributed by atoms with E-state index in [1.165, 1.54) is 18.0 Å². The van der Waals surface area contributed by atoms with E-state index in [9.17, 15) is 8.42 Å². The Balaban J connectivity index is 2.22. The van der Waals surface area contributed by atoms with Gasteiger partial charge in [0, 0.05) is 22.2 Å². The fourth-order valence-electron chi connectivity index (χ4n) is 2.58. The Morgan fingerprint density at radius 1 is 1.29 bits per heavy atom. The van der Waals surface area contributed by atoms with Crippen LogP contribution in [0, 0.1) is 5.92 Å². The summed E-state index contributed by atoms with van der Waals surface area (Å²) in [5.74, 6) is -0.182. The maximum atomic E-state index is 12.1. The molecule has 2 aliphatic heterocycles. The third kappa shape index (κ3) is 2.72. The fraction of sp³-hybridized carbons (Fsp3) is 0.333. The van der Waals surface area contributed by atoms with Crippen LogP contribution < -0.4 is 16.6 Å². The first-order valence-corrected chi connectivity index (χ1v) is 9.64. The van der Waals surface area contributed by atoms with Gasteiger partial charge in [-0.3, -0.25) is 0 Å². The van der Waals surface area contributed by atoms with Gasteiger partial charge in [-0.15, -0.1) is 0 Å². The number of fused-ring (bicyclic) bond motifs is 1. The van der Waals surface area contributed by atoms with E-state index < -0.39 is 9.84 Å². The molecule has 3 rings (SSSR count).